The van der Waals surface area contributed by atoms with Crippen molar-refractivity contribution in [2.24, 2.45) is 0 Å². The predicted molar refractivity (Wildman–Crippen MR) is 80.8 cm³/mol. The first-order valence-corrected chi connectivity index (χ1v) is 7.74. The molecular formula is C14H19N3O2S. The van der Waals surface area contributed by atoms with Gasteiger partial charge < -0.3 is 14.8 Å². The molecule has 108 valence electrons. The summed E-state index contributed by atoms with van der Waals surface area (Å²) < 4.78 is 2.01. The Kier molecular flexibility index (Phi) is 5.43. The third-order valence-electron chi connectivity index (χ3n) is 2.79. The van der Waals surface area contributed by atoms with Crippen molar-refractivity contribution in [1.29, 1.82) is 0 Å². The molecule has 0 aliphatic heterocycles. The smallest absolute Gasteiger partial charge is 0.230 e. The van der Waals surface area contributed by atoms with Crippen molar-refractivity contribution in [1.82, 2.24) is 14.7 Å². The minimum Gasteiger partial charge on any atom is -0.396 e. The molecule has 0 unspecified atom stereocenters. The van der Waals surface area contributed by atoms with Crippen LogP contribution in [0.25, 0.3) is 5.65 Å². The van der Waals surface area contributed by atoms with Crippen LogP contribution in [0.4, 0.5) is 0 Å². The van der Waals surface area contributed by atoms with E-state index in [9.17, 15) is 4.79 Å². The Morgan fingerprint density at radius 3 is 3.10 bits per heavy atom. The largest absolute Gasteiger partial charge is 0.396 e. The minimum absolute atomic E-state index is 0.00283. The SMILES string of the molecule is Cc1ccc2nc(CSCC(=O)NCCCO)cn2c1. The molecule has 0 aromatic carbocycles. The van der Waals surface area contributed by atoms with Crippen molar-refractivity contribution < 1.29 is 9.90 Å². The van der Waals surface area contributed by atoms with Crippen molar-refractivity contribution in [3.8, 4) is 0 Å². The number of aliphatic hydroxyl groups excluding tert-OH is 1. The molecule has 2 aromatic heterocycles. The average molecular weight is 293 g/mol. The quantitative estimate of drug-likeness (QED) is 0.757. The first-order valence-electron chi connectivity index (χ1n) is 6.58. The van der Waals surface area contributed by atoms with E-state index in [0.717, 1.165) is 11.3 Å². The van der Waals surface area contributed by atoms with Gasteiger partial charge in [-0.3, -0.25) is 4.79 Å². The Bertz CT molecular complexity index is 583. The van der Waals surface area contributed by atoms with E-state index in [4.69, 9.17) is 5.11 Å². The number of aromatic nitrogens is 2. The van der Waals surface area contributed by atoms with Crippen LogP contribution < -0.4 is 5.32 Å². The third kappa shape index (κ3) is 4.25. The van der Waals surface area contributed by atoms with E-state index in [1.54, 1.807) is 11.8 Å². The lowest BCUT2D eigenvalue weighted by atomic mass is 10.3. The second kappa shape index (κ2) is 7.31. The van der Waals surface area contributed by atoms with Gasteiger partial charge in [-0.25, -0.2) is 4.98 Å². The molecule has 0 saturated heterocycles. The number of rotatable bonds is 7. The number of pyridine rings is 1. The third-order valence-corrected chi connectivity index (χ3v) is 3.76. The van der Waals surface area contributed by atoms with Crippen molar-refractivity contribution in [2.75, 3.05) is 18.9 Å². The summed E-state index contributed by atoms with van der Waals surface area (Å²) in [6.07, 6.45) is 4.64. The second-order valence-electron chi connectivity index (χ2n) is 4.62. The fourth-order valence-corrected chi connectivity index (χ4v) is 2.57. The number of carbonyl (C=O) groups excluding carboxylic acids is 1. The Hall–Kier alpha value is -1.53. The number of imidazole rings is 1. The fourth-order valence-electron chi connectivity index (χ4n) is 1.83. The maximum absolute atomic E-state index is 11.5. The van der Waals surface area contributed by atoms with Gasteiger partial charge in [0.2, 0.25) is 5.91 Å². The number of hydrogen-bond donors (Lipinski definition) is 2. The van der Waals surface area contributed by atoms with Crippen LogP contribution in [0.3, 0.4) is 0 Å². The van der Waals surface area contributed by atoms with Crippen molar-refractivity contribution >= 4 is 23.3 Å². The summed E-state index contributed by atoms with van der Waals surface area (Å²) in [5.41, 5.74) is 3.10. The molecule has 2 N–H and O–H groups in total. The van der Waals surface area contributed by atoms with Crippen molar-refractivity contribution in [3.63, 3.8) is 0 Å². The Balaban J connectivity index is 1.79. The first-order chi connectivity index (χ1) is 9.69. The van der Waals surface area contributed by atoms with E-state index < -0.39 is 0 Å². The summed E-state index contributed by atoms with van der Waals surface area (Å²) in [5.74, 6) is 1.13. The highest BCUT2D eigenvalue weighted by Crippen LogP contribution is 2.13. The van der Waals surface area contributed by atoms with Gasteiger partial charge in [-0.1, -0.05) is 6.07 Å². The average Bonchev–Trinajstić information content (AvgIpc) is 2.81. The Morgan fingerprint density at radius 1 is 1.45 bits per heavy atom. The lowest BCUT2D eigenvalue weighted by Gasteiger charge is -2.02. The molecule has 0 fully saturated rings. The normalized spacial score (nSPS) is 10.9. The monoisotopic (exact) mass is 293 g/mol. The van der Waals surface area contributed by atoms with E-state index in [0.29, 0.717) is 24.5 Å². The number of hydrogen-bond acceptors (Lipinski definition) is 4. The van der Waals surface area contributed by atoms with Crippen LogP contribution in [0, 0.1) is 6.92 Å². The number of fused-ring (bicyclic) bond motifs is 1. The van der Waals surface area contributed by atoms with E-state index in [1.165, 1.54) is 5.56 Å². The second-order valence-corrected chi connectivity index (χ2v) is 5.61. The van der Waals surface area contributed by atoms with E-state index >= 15 is 0 Å². The van der Waals surface area contributed by atoms with Crippen LogP contribution >= 0.6 is 11.8 Å². The molecule has 0 spiro atoms. The van der Waals surface area contributed by atoms with Gasteiger partial charge in [0.1, 0.15) is 5.65 Å². The van der Waals surface area contributed by atoms with Crippen LogP contribution in [0.15, 0.2) is 24.5 Å². The van der Waals surface area contributed by atoms with E-state index in [-0.39, 0.29) is 12.5 Å². The zero-order chi connectivity index (χ0) is 14.4. The molecule has 2 rings (SSSR count). The zero-order valence-electron chi connectivity index (χ0n) is 11.5. The maximum Gasteiger partial charge on any atom is 0.230 e. The van der Waals surface area contributed by atoms with Gasteiger partial charge in [0.05, 0.1) is 11.4 Å². The van der Waals surface area contributed by atoms with Gasteiger partial charge in [-0.15, -0.1) is 11.8 Å². The standard InChI is InChI=1S/C14H19N3O2S/c1-11-3-4-13-16-12(8-17(13)7-11)9-20-10-14(19)15-5-2-6-18/h3-4,7-8,18H,2,5-6,9-10H2,1H3,(H,15,19). The molecular weight excluding hydrogens is 274 g/mol. The summed E-state index contributed by atoms with van der Waals surface area (Å²) >= 11 is 1.54. The summed E-state index contributed by atoms with van der Waals surface area (Å²) in [6, 6.07) is 4.03. The Labute approximate surface area is 122 Å². The van der Waals surface area contributed by atoms with Gasteiger partial charge >= 0.3 is 0 Å². The fraction of sp³-hybridized carbons (Fsp3) is 0.429. The predicted octanol–water partition coefficient (Wildman–Crippen LogP) is 1.37. The molecule has 0 atom stereocenters. The molecule has 0 bridgehead atoms. The van der Waals surface area contributed by atoms with Gasteiger partial charge in [-0.05, 0) is 25.0 Å². The summed E-state index contributed by atoms with van der Waals surface area (Å²) in [7, 11) is 0. The lowest BCUT2D eigenvalue weighted by molar-refractivity contribution is -0.118. The maximum atomic E-state index is 11.5. The van der Waals surface area contributed by atoms with Crippen molar-refractivity contribution in [3.05, 3.63) is 35.8 Å². The van der Waals surface area contributed by atoms with Crippen LogP contribution in [-0.4, -0.2) is 39.3 Å². The number of carbonyl (C=O) groups is 1. The number of aliphatic hydroxyl groups is 1. The molecule has 2 heterocycles. The van der Waals surface area contributed by atoms with Crippen molar-refractivity contribution in [2.45, 2.75) is 19.1 Å². The number of nitrogens with one attached hydrogen (secondary N) is 1. The molecule has 5 nitrogen and oxygen atoms in total. The van der Waals surface area contributed by atoms with Crippen LogP contribution in [0.5, 0.6) is 0 Å². The molecule has 1 amide bonds. The van der Waals surface area contributed by atoms with Gasteiger partial charge in [-0.2, -0.15) is 0 Å². The molecule has 0 aliphatic rings. The molecule has 0 aliphatic carbocycles. The Morgan fingerprint density at radius 2 is 2.30 bits per heavy atom. The minimum atomic E-state index is 0.00283. The summed E-state index contributed by atoms with van der Waals surface area (Å²) in [4.78, 5) is 16.0. The highest BCUT2D eigenvalue weighted by Gasteiger charge is 2.04. The van der Waals surface area contributed by atoms with E-state index in [2.05, 4.69) is 10.3 Å². The summed E-state index contributed by atoms with van der Waals surface area (Å²) in [5, 5.41) is 11.4. The highest BCUT2D eigenvalue weighted by atomic mass is 32.2. The number of amides is 1. The van der Waals surface area contributed by atoms with Gasteiger partial charge in [0.15, 0.2) is 0 Å². The molecule has 20 heavy (non-hydrogen) atoms. The first kappa shape index (κ1) is 14.9. The number of aryl methyl sites for hydroxylation is 1. The highest BCUT2D eigenvalue weighted by molar-refractivity contribution is 7.99. The lowest BCUT2D eigenvalue weighted by Crippen LogP contribution is -2.26. The zero-order valence-corrected chi connectivity index (χ0v) is 12.3. The topological polar surface area (TPSA) is 66.6 Å². The number of thioether (sulfide) groups is 1. The molecule has 0 saturated carbocycles. The molecule has 2 aromatic rings. The summed E-state index contributed by atoms with van der Waals surface area (Å²) in [6.45, 7) is 2.68. The van der Waals surface area contributed by atoms with Crippen LogP contribution in [-0.2, 0) is 10.5 Å². The van der Waals surface area contributed by atoms with E-state index in [1.807, 2.05) is 35.9 Å². The van der Waals surface area contributed by atoms with Crippen LogP contribution in [0.1, 0.15) is 17.7 Å². The molecule has 0 radical (unpaired) electrons. The number of nitrogens with zero attached hydrogens (tertiary/aromatic N) is 2. The molecule has 6 heteroatoms. The van der Waals surface area contributed by atoms with Gasteiger partial charge in [0, 0.05) is 31.3 Å². The van der Waals surface area contributed by atoms with Crippen LogP contribution in [0.2, 0.25) is 0 Å². The van der Waals surface area contributed by atoms with Gasteiger partial charge in [0.25, 0.3) is 0 Å².